The number of ether oxygens (including phenoxy) is 1. The first-order valence-corrected chi connectivity index (χ1v) is 10.2. The molecule has 0 aliphatic carbocycles. The van der Waals surface area contributed by atoms with E-state index in [1.807, 2.05) is 38.1 Å². The molecule has 0 saturated carbocycles. The SMILES string of the molecule is CCOc1ccc(N2C(=O)[C@H]3N=NN(Cc4nc(-c5cccc(C)c5)no4)[C@H]3C2=O)cc1. The second-order valence-corrected chi connectivity index (χ2v) is 7.51. The zero-order chi connectivity index (χ0) is 22.2. The number of rotatable bonds is 6. The maximum absolute atomic E-state index is 13.1. The lowest BCUT2D eigenvalue weighted by molar-refractivity contribution is -0.123. The molecule has 1 fully saturated rings. The van der Waals surface area contributed by atoms with Crippen molar-refractivity contribution in [2.24, 2.45) is 10.3 Å². The fourth-order valence-corrected chi connectivity index (χ4v) is 3.83. The fraction of sp³-hybridized carbons (Fsp3) is 0.273. The molecule has 0 radical (unpaired) electrons. The summed E-state index contributed by atoms with van der Waals surface area (Å²) in [4.78, 5) is 31.5. The highest BCUT2D eigenvalue weighted by atomic mass is 16.5. The Bertz CT molecular complexity index is 1210. The largest absolute Gasteiger partial charge is 0.494 e. The summed E-state index contributed by atoms with van der Waals surface area (Å²) in [5.41, 5.74) is 2.37. The molecule has 2 atom stereocenters. The van der Waals surface area contributed by atoms with Crippen molar-refractivity contribution in [3.05, 3.63) is 60.0 Å². The van der Waals surface area contributed by atoms with Crippen molar-refractivity contribution in [1.82, 2.24) is 15.1 Å². The number of hydrogen-bond donors (Lipinski definition) is 0. The standard InChI is InChI=1S/C22H20N6O4/c1-3-31-16-9-7-15(8-10-16)28-21(29)18-19(22(28)30)27(26-24-18)12-17-23-20(25-32-17)14-6-4-5-13(2)11-14/h4-11,18-19H,3,12H2,1-2H3/t18-,19+/m0/s1. The van der Waals surface area contributed by atoms with Gasteiger partial charge in [0, 0.05) is 5.56 Å². The van der Waals surface area contributed by atoms with Crippen molar-refractivity contribution < 1.29 is 18.8 Å². The summed E-state index contributed by atoms with van der Waals surface area (Å²) < 4.78 is 10.8. The number of carbonyl (C=O) groups is 2. The molecule has 32 heavy (non-hydrogen) atoms. The van der Waals surface area contributed by atoms with Crippen molar-refractivity contribution >= 4 is 17.5 Å². The lowest BCUT2D eigenvalue weighted by Crippen LogP contribution is -2.39. The molecule has 1 saturated heterocycles. The van der Waals surface area contributed by atoms with Crippen molar-refractivity contribution in [2.45, 2.75) is 32.5 Å². The summed E-state index contributed by atoms with van der Waals surface area (Å²) in [6.07, 6.45) is 0. The second-order valence-electron chi connectivity index (χ2n) is 7.51. The zero-order valence-electron chi connectivity index (χ0n) is 17.5. The predicted octanol–water partition coefficient (Wildman–Crippen LogP) is 2.94. The minimum absolute atomic E-state index is 0.0691. The van der Waals surface area contributed by atoms with Gasteiger partial charge in [0.15, 0.2) is 12.1 Å². The summed E-state index contributed by atoms with van der Waals surface area (Å²) in [5, 5.41) is 13.5. The molecule has 0 unspecified atom stereocenters. The van der Waals surface area contributed by atoms with E-state index in [-0.39, 0.29) is 12.4 Å². The number of nitrogens with zero attached hydrogens (tertiary/aromatic N) is 6. The van der Waals surface area contributed by atoms with E-state index in [0.717, 1.165) is 16.0 Å². The van der Waals surface area contributed by atoms with E-state index in [4.69, 9.17) is 9.26 Å². The van der Waals surface area contributed by atoms with Gasteiger partial charge in [0.1, 0.15) is 12.3 Å². The van der Waals surface area contributed by atoms with Gasteiger partial charge in [0.2, 0.25) is 11.7 Å². The van der Waals surface area contributed by atoms with E-state index in [0.29, 0.717) is 23.9 Å². The van der Waals surface area contributed by atoms with Gasteiger partial charge in [0.05, 0.1) is 12.3 Å². The number of amides is 2. The number of carbonyl (C=O) groups excluding carboxylic acids is 2. The maximum atomic E-state index is 13.1. The van der Waals surface area contributed by atoms with Gasteiger partial charge in [-0.05, 0) is 44.2 Å². The molecule has 2 aromatic carbocycles. The summed E-state index contributed by atoms with van der Waals surface area (Å²) >= 11 is 0. The first-order chi connectivity index (χ1) is 15.5. The normalized spacial score (nSPS) is 19.7. The van der Waals surface area contributed by atoms with E-state index in [2.05, 4.69) is 20.5 Å². The fourth-order valence-electron chi connectivity index (χ4n) is 3.83. The summed E-state index contributed by atoms with van der Waals surface area (Å²) in [7, 11) is 0. The highest BCUT2D eigenvalue weighted by Crippen LogP contribution is 2.33. The third-order valence-corrected chi connectivity index (χ3v) is 5.31. The van der Waals surface area contributed by atoms with Crippen molar-refractivity contribution in [1.29, 1.82) is 0 Å². The minimum atomic E-state index is -0.895. The Morgan fingerprint density at radius 2 is 1.91 bits per heavy atom. The van der Waals surface area contributed by atoms with Gasteiger partial charge in [-0.2, -0.15) is 10.1 Å². The summed E-state index contributed by atoms with van der Waals surface area (Å²) in [6.45, 7) is 4.46. The van der Waals surface area contributed by atoms with Gasteiger partial charge in [0.25, 0.3) is 11.8 Å². The van der Waals surface area contributed by atoms with Crippen LogP contribution in [0.2, 0.25) is 0 Å². The smallest absolute Gasteiger partial charge is 0.263 e. The molecular formula is C22H20N6O4. The predicted molar refractivity (Wildman–Crippen MR) is 113 cm³/mol. The van der Waals surface area contributed by atoms with E-state index in [1.54, 1.807) is 24.3 Å². The van der Waals surface area contributed by atoms with Crippen LogP contribution in [-0.2, 0) is 16.1 Å². The Hall–Kier alpha value is -4.08. The van der Waals surface area contributed by atoms with Crippen LogP contribution in [0, 0.1) is 6.92 Å². The number of hydrogen-bond acceptors (Lipinski definition) is 9. The van der Waals surface area contributed by atoms with Gasteiger partial charge in [-0.25, -0.2) is 4.90 Å². The number of benzene rings is 2. The van der Waals surface area contributed by atoms with Crippen LogP contribution in [0.4, 0.5) is 5.69 Å². The number of aromatic nitrogens is 2. The molecule has 0 bridgehead atoms. The number of anilines is 1. The van der Waals surface area contributed by atoms with E-state index in [1.165, 1.54) is 5.01 Å². The molecule has 0 spiro atoms. The van der Waals surface area contributed by atoms with Crippen molar-refractivity contribution in [2.75, 3.05) is 11.5 Å². The zero-order valence-corrected chi connectivity index (χ0v) is 17.5. The van der Waals surface area contributed by atoms with Crippen LogP contribution in [0.5, 0.6) is 5.75 Å². The van der Waals surface area contributed by atoms with Crippen LogP contribution in [0.3, 0.4) is 0 Å². The molecule has 1 aromatic heterocycles. The van der Waals surface area contributed by atoms with E-state index >= 15 is 0 Å². The maximum Gasteiger partial charge on any atom is 0.263 e. The Labute approximate surface area is 183 Å². The molecule has 2 aliphatic rings. The molecule has 5 rings (SSSR count). The highest BCUT2D eigenvalue weighted by molar-refractivity contribution is 6.25. The second kappa shape index (κ2) is 7.88. The van der Waals surface area contributed by atoms with Gasteiger partial charge < -0.3 is 9.26 Å². The van der Waals surface area contributed by atoms with Crippen LogP contribution >= 0.6 is 0 Å². The third-order valence-electron chi connectivity index (χ3n) is 5.31. The molecule has 10 nitrogen and oxygen atoms in total. The van der Waals surface area contributed by atoms with Crippen molar-refractivity contribution in [3.8, 4) is 17.1 Å². The first-order valence-electron chi connectivity index (χ1n) is 10.2. The van der Waals surface area contributed by atoms with Crippen LogP contribution in [0.1, 0.15) is 18.4 Å². The Kier molecular flexibility index (Phi) is 4.89. The molecular weight excluding hydrogens is 412 g/mol. The van der Waals surface area contributed by atoms with Crippen LogP contribution < -0.4 is 9.64 Å². The van der Waals surface area contributed by atoms with Gasteiger partial charge in [-0.3, -0.25) is 14.6 Å². The average Bonchev–Trinajstić information content (AvgIpc) is 3.48. The third kappa shape index (κ3) is 3.39. The lowest BCUT2D eigenvalue weighted by atomic mass is 10.1. The van der Waals surface area contributed by atoms with E-state index in [9.17, 15) is 9.59 Å². The van der Waals surface area contributed by atoms with E-state index < -0.39 is 23.9 Å². The molecule has 162 valence electrons. The lowest BCUT2D eigenvalue weighted by Gasteiger charge is -2.19. The molecule has 10 heteroatoms. The van der Waals surface area contributed by atoms with Crippen LogP contribution in [0.15, 0.2) is 63.4 Å². The van der Waals surface area contributed by atoms with Crippen molar-refractivity contribution in [3.63, 3.8) is 0 Å². The summed E-state index contributed by atoms with van der Waals surface area (Å²) in [5.74, 6) is 0.578. The Morgan fingerprint density at radius 3 is 2.66 bits per heavy atom. The monoisotopic (exact) mass is 432 g/mol. The van der Waals surface area contributed by atoms with Crippen LogP contribution in [-0.4, -0.2) is 45.7 Å². The Morgan fingerprint density at radius 1 is 1.09 bits per heavy atom. The molecule has 3 heterocycles. The van der Waals surface area contributed by atoms with Gasteiger partial charge in [-0.15, -0.1) is 0 Å². The first kappa shape index (κ1) is 19.9. The average molecular weight is 432 g/mol. The Balaban J connectivity index is 1.34. The topological polar surface area (TPSA) is 113 Å². The van der Waals surface area contributed by atoms with Gasteiger partial charge in [-0.1, -0.05) is 34.1 Å². The molecule has 0 N–H and O–H groups in total. The van der Waals surface area contributed by atoms with Gasteiger partial charge >= 0.3 is 0 Å². The number of imide groups is 1. The highest BCUT2D eigenvalue weighted by Gasteiger charge is 2.55. The molecule has 2 amide bonds. The minimum Gasteiger partial charge on any atom is -0.494 e. The van der Waals surface area contributed by atoms with Crippen LogP contribution in [0.25, 0.3) is 11.4 Å². The molecule has 3 aromatic rings. The number of aryl methyl sites for hydroxylation is 1. The summed E-state index contributed by atoms with van der Waals surface area (Å²) in [6, 6.07) is 12.8. The molecule has 2 aliphatic heterocycles. The number of fused-ring (bicyclic) bond motifs is 1. The quantitative estimate of drug-likeness (QED) is 0.550.